The van der Waals surface area contributed by atoms with E-state index in [0.717, 1.165) is 25.7 Å². The Morgan fingerprint density at radius 2 is 2.04 bits per heavy atom. The molecule has 1 aromatic carbocycles. The molecule has 1 saturated heterocycles. The minimum absolute atomic E-state index is 0.0705. The number of nitrogens with zero attached hydrogens (tertiary/aromatic N) is 1. The summed E-state index contributed by atoms with van der Waals surface area (Å²) >= 11 is 0. The summed E-state index contributed by atoms with van der Waals surface area (Å²) in [4.78, 5) is 26.1. The fourth-order valence-electron chi connectivity index (χ4n) is 5.01. The Bertz CT molecular complexity index is 713. The molecule has 2 amide bonds. The second kappa shape index (κ2) is 5.75. The molecule has 2 aliphatic carbocycles. The van der Waals surface area contributed by atoms with Crippen LogP contribution in [0.15, 0.2) is 24.3 Å². The van der Waals surface area contributed by atoms with E-state index < -0.39 is 11.4 Å². The fourth-order valence-corrected chi connectivity index (χ4v) is 5.01. The van der Waals surface area contributed by atoms with Crippen LogP contribution in [0.2, 0.25) is 0 Å². The SMILES string of the molecule is Cc1ccccc1C1(CNC(=O)N2C[C@@H]3CCC[C@@]3(C(=O)O)C2)CC1. The molecule has 2 N–H and O–H groups in total. The summed E-state index contributed by atoms with van der Waals surface area (Å²) in [6.45, 7) is 3.69. The summed E-state index contributed by atoms with van der Waals surface area (Å²) in [6, 6.07) is 8.28. The third kappa shape index (κ3) is 2.60. The first-order chi connectivity index (χ1) is 12.0. The first-order valence-corrected chi connectivity index (χ1v) is 9.29. The topological polar surface area (TPSA) is 69.6 Å². The number of hydrogen-bond donors (Lipinski definition) is 2. The smallest absolute Gasteiger partial charge is 0.317 e. The summed E-state index contributed by atoms with van der Waals surface area (Å²) in [5.41, 5.74) is 1.97. The number of fused-ring (bicyclic) bond motifs is 1. The minimum atomic E-state index is -0.733. The van der Waals surface area contributed by atoms with Crippen molar-refractivity contribution in [1.29, 1.82) is 0 Å². The van der Waals surface area contributed by atoms with Crippen LogP contribution in [0.25, 0.3) is 0 Å². The highest BCUT2D eigenvalue weighted by Gasteiger charge is 2.56. The van der Waals surface area contributed by atoms with Crippen LogP contribution >= 0.6 is 0 Å². The van der Waals surface area contributed by atoms with E-state index in [-0.39, 0.29) is 17.4 Å². The van der Waals surface area contributed by atoms with Gasteiger partial charge in [0.1, 0.15) is 0 Å². The van der Waals surface area contributed by atoms with Gasteiger partial charge in [0.15, 0.2) is 0 Å². The van der Waals surface area contributed by atoms with Gasteiger partial charge in [-0.1, -0.05) is 30.7 Å². The lowest BCUT2D eigenvalue weighted by atomic mass is 9.81. The zero-order valence-corrected chi connectivity index (χ0v) is 14.8. The van der Waals surface area contributed by atoms with E-state index in [9.17, 15) is 14.7 Å². The maximum Gasteiger partial charge on any atom is 0.317 e. The average molecular weight is 342 g/mol. The number of likely N-dealkylation sites (tertiary alicyclic amines) is 1. The van der Waals surface area contributed by atoms with Crippen LogP contribution in [0.4, 0.5) is 4.79 Å². The Balaban J connectivity index is 1.41. The van der Waals surface area contributed by atoms with Crippen LogP contribution in [-0.4, -0.2) is 41.6 Å². The highest BCUT2D eigenvalue weighted by molar-refractivity contribution is 5.80. The molecule has 0 aromatic heterocycles. The lowest BCUT2D eigenvalue weighted by Crippen LogP contribution is -2.44. The third-order valence-corrected chi connectivity index (χ3v) is 6.73. The molecule has 25 heavy (non-hydrogen) atoms. The van der Waals surface area contributed by atoms with Gasteiger partial charge in [0, 0.05) is 25.0 Å². The van der Waals surface area contributed by atoms with Gasteiger partial charge in [-0.15, -0.1) is 0 Å². The average Bonchev–Trinajstić information content (AvgIpc) is 3.10. The van der Waals surface area contributed by atoms with Gasteiger partial charge < -0.3 is 15.3 Å². The molecule has 0 bridgehead atoms. The van der Waals surface area contributed by atoms with Crippen LogP contribution in [0.1, 0.15) is 43.2 Å². The van der Waals surface area contributed by atoms with Crippen LogP contribution in [0.3, 0.4) is 0 Å². The normalized spacial score (nSPS) is 29.3. The van der Waals surface area contributed by atoms with E-state index in [1.165, 1.54) is 11.1 Å². The quantitative estimate of drug-likeness (QED) is 0.884. The van der Waals surface area contributed by atoms with Gasteiger partial charge in [-0.25, -0.2) is 4.79 Å². The van der Waals surface area contributed by atoms with Crippen molar-refractivity contribution in [3.8, 4) is 0 Å². The van der Waals surface area contributed by atoms with E-state index in [1.54, 1.807) is 4.90 Å². The number of hydrogen-bond acceptors (Lipinski definition) is 2. The van der Waals surface area contributed by atoms with Crippen molar-refractivity contribution in [2.24, 2.45) is 11.3 Å². The van der Waals surface area contributed by atoms with Crippen molar-refractivity contribution in [3.63, 3.8) is 0 Å². The van der Waals surface area contributed by atoms with Crippen LogP contribution in [0.5, 0.6) is 0 Å². The van der Waals surface area contributed by atoms with Gasteiger partial charge in [0.2, 0.25) is 0 Å². The number of rotatable bonds is 4. The lowest BCUT2D eigenvalue weighted by molar-refractivity contribution is -0.149. The van der Waals surface area contributed by atoms with E-state index in [0.29, 0.717) is 26.1 Å². The first-order valence-electron chi connectivity index (χ1n) is 9.29. The van der Waals surface area contributed by atoms with Crippen LogP contribution < -0.4 is 5.32 Å². The highest BCUT2D eigenvalue weighted by Crippen LogP contribution is 2.50. The summed E-state index contributed by atoms with van der Waals surface area (Å²) in [6.07, 6.45) is 4.77. The third-order valence-electron chi connectivity index (χ3n) is 6.73. The number of benzene rings is 1. The molecule has 1 aromatic rings. The molecule has 3 fully saturated rings. The van der Waals surface area contributed by atoms with E-state index in [2.05, 4.69) is 30.4 Å². The largest absolute Gasteiger partial charge is 0.481 e. The van der Waals surface area contributed by atoms with Crippen molar-refractivity contribution in [1.82, 2.24) is 10.2 Å². The van der Waals surface area contributed by atoms with Gasteiger partial charge in [-0.3, -0.25) is 4.79 Å². The Morgan fingerprint density at radius 1 is 1.28 bits per heavy atom. The summed E-state index contributed by atoms with van der Waals surface area (Å²) < 4.78 is 0. The predicted molar refractivity (Wildman–Crippen MR) is 94.5 cm³/mol. The molecule has 2 atom stereocenters. The summed E-state index contributed by atoms with van der Waals surface area (Å²) in [5, 5.41) is 12.8. The molecule has 0 radical (unpaired) electrons. The van der Waals surface area contributed by atoms with Gasteiger partial charge in [-0.05, 0) is 49.7 Å². The number of aryl methyl sites for hydroxylation is 1. The number of carbonyl (C=O) groups is 2. The fraction of sp³-hybridized carbons (Fsp3) is 0.600. The zero-order valence-electron chi connectivity index (χ0n) is 14.8. The standard InChI is InChI=1S/C20H26N2O3/c1-14-5-2-3-7-16(14)19(9-10-19)12-21-18(25)22-11-15-6-4-8-20(15,13-22)17(23)24/h2-3,5,7,15H,4,6,8-13H2,1H3,(H,21,25)(H,23,24)/t15-,20+/m0/s1. The molecule has 4 rings (SSSR count). The number of carboxylic acid groups (broad SMARTS) is 1. The molecule has 0 unspecified atom stereocenters. The maximum absolute atomic E-state index is 12.7. The minimum Gasteiger partial charge on any atom is -0.481 e. The van der Waals surface area contributed by atoms with E-state index in [4.69, 9.17) is 0 Å². The molecule has 1 heterocycles. The lowest BCUT2D eigenvalue weighted by Gasteiger charge is -2.24. The van der Waals surface area contributed by atoms with Crippen LogP contribution in [0, 0.1) is 18.3 Å². The molecule has 5 heteroatoms. The second-order valence-electron chi connectivity index (χ2n) is 8.18. The summed E-state index contributed by atoms with van der Waals surface area (Å²) in [5.74, 6) is -0.620. The molecular formula is C20H26N2O3. The Kier molecular flexibility index (Phi) is 3.78. The second-order valence-corrected chi connectivity index (χ2v) is 8.18. The van der Waals surface area contributed by atoms with Crippen molar-refractivity contribution in [2.45, 2.75) is 44.4 Å². The number of nitrogens with one attached hydrogen (secondary N) is 1. The maximum atomic E-state index is 12.7. The first kappa shape index (κ1) is 16.4. The predicted octanol–water partition coefficient (Wildman–Crippen LogP) is 2.92. The van der Waals surface area contributed by atoms with Crippen molar-refractivity contribution in [2.75, 3.05) is 19.6 Å². The molecule has 5 nitrogen and oxygen atoms in total. The van der Waals surface area contributed by atoms with Crippen LogP contribution in [-0.2, 0) is 10.2 Å². The Morgan fingerprint density at radius 3 is 2.68 bits per heavy atom. The number of carboxylic acids is 1. The van der Waals surface area contributed by atoms with E-state index in [1.807, 2.05) is 6.07 Å². The Labute approximate surface area is 148 Å². The molecule has 2 saturated carbocycles. The monoisotopic (exact) mass is 342 g/mol. The van der Waals surface area contributed by atoms with Crippen molar-refractivity contribution >= 4 is 12.0 Å². The van der Waals surface area contributed by atoms with Gasteiger partial charge in [0.25, 0.3) is 0 Å². The molecule has 3 aliphatic rings. The number of aliphatic carboxylic acids is 1. The van der Waals surface area contributed by atoms with Gasteiger partial charge >= 0.3 is 12.0 Å². The zero-order chi connectivity index (χ0) is 17.7. The van der Waals surface area contributed by atoms with E-state index >= 15 is 0 Å². The van der Waals surface area contributed by atoms with Crippen molar-refractivity contribution < 1.29 is 14.7 Å². The molecule has 0 spiro atoms. The van der Waals surface area contributed by atoms with Gasteiger partial charge in [0.05, 0.1) is 5.41 Å². The van der Waals surface area contributed by atoms with Crippen molar-refractivity contribution in [3.05, 3.63) is 35.4 Å². The number of amides is 2. The molecular weight excluding hydrogens is 316 g/mol. The number of urea groups is 1. The highest BCUT2D eigenvalue weighted by atomic mass is 16.4. The molecule has 1 aliphatic heterocycles. The number of carbonyl (C=O) groups excluding carboxylic acids is 1. The van der Waals surface area contributed by atoms with Gasteiger partial charge in [-0.2, -0.15) is 0 Å². The molecule has 134 valence electrons. The summed E-state index contributed by atoms with van der Waals surface area (Å²) in [7, 11) is 0. The Hall–Kier alpha value is -2.04.